The van der Waals surface area contributed by atoms with Crippen LogP contribution in [0.15, 0.2) is 66.1 Å². The van der Waals surface area contributed by atoms with Gasteiger partial charge in [-0.05, 0) is 47.4 Å². The monoisotopic (exact) mass is 514 g/mol. The fourth-order valence-electron chi connectivity index (χ4n) is 4.68. The highest BCUT2D eigenvalue weighted by Gasteiger charge is 2.30. The lowest BCUT2D eigenvalue weighted by Crippen LogP contribution is -2.46. The molecule has 0 saturated carbocycles. The Labute approximate surface area is 221 Å². The van der Waals surface area contributed by atoms with Crippen molar-refractivity contribution < 1.29 is 24.1 Å². The Morgan fingerprint density at radius 3 is 2.68 bits per heavy atom. The third-order valence-corrected chi connectivity index (χ3v) is 6.84. The molecule has 3 heterocycles. The van der Waals surface area contributed by atoms with Gasteiger partial charge < -0.3 is 30.0 Å². The third-order valence-electron chi connectivity index (χ3n) is 6.84. The summed E-state index contributed by atoms with van der Waals surface area (Å²) in [5.41, 5.74) is 5.96. The van der Waals surface area contributed by atoms with Crippen LogP contribution in [0.1, 0.15) is 22.3 Å². The van der Waals surface area contributed by atoms with E-state index in [4.69, 9.17) is 19.6 Å². The molecule has 196 valence electrons. The quantitative estimate of drug-likeness (QED) is 0.208. The van der Waals surface area contributed by atoms with Crippen molar-refractivity contribution in [2.45, 2.75) is 32.7 Å². The Hall–Kier alpha value is -4.21. The van der Waals surface area contributed by atoms with Crippen LogP contribution in [-0.4, -0.2) is 53.5 Å². The minimum Gasteiger partial charge on any atom is -0.488 e. The zero-order valence-corrected chi connectivity index (χ0v) is 21.4. The number of rotatable bonds is 10. The summed E-state index contributed by atoms with van der Waals surface area (Å²) in [6.07, 6.45) is 0.725. The van der Waals surface area contributed by atoms with Crippen LogP contribution in [0.2, 0.25) is 0 Å². The molecule has 0 bridgehead atoms. The molecule has 0 atom stereocenters. The number of aliphatic carboxylic acids is 1. The van der Waals surface area contributed by atoms with Crippen LogP contribution < -0.4 is 10.1 Å². The summed E-state index contributed by atoms with van der Waals surface area (Å²) in [6, 6.07) is 18.4. The number of hydrogen-bond acceptors (Lipinski definition) is 8. The van der Waals surface area contributed by atoms with Gasteiger partial charge >= 0.3 is 5.97 Å². The number of pyridine rings is 1. The zero-order valence-electron chi connectivity index (χ0n) is 21.4. The molecule has 0 radical (unpaired) electrons. The van der Waals surface area contributed by atoms with E-state index < -0.39 is 5.97 Å². The summed E-state index contributed by atoms with van der Waals surface area (Å²) in [6.45, 7) is 5.96. The average Bonchev–Trinajstić information content (AvgIpc) is 3.29. The highest BCUT2D eigenvalue weighted by atomic mass is 16.5. The Kier molecular flexibility index (Phi) is 7.39. The highest BCUT2D eigenvalue weighted by molar-refractivity contribution is 6.08. The number of methoxy groups -OCH3 is 1. The summed E-state index contributed by atoms with van der Waals surface area (Å²) < 4.78 is 16.9. The highest BCUT2D eigenvalue weighted by Crippen LogP contribution is 2.34. The number of benzene rings is 2. The van der Waals surface area contributed by atoms with E-state index in [0.29, 0.717) is 24.2 Å². The van der Waals surface area contributed by atoms with Crippen molar-refractivity contribution in [2.75, 3.05) is 25.6 Å². The summed E-state index contributed by atoms with van der Waals surface area (Å²) in [5, 5.41) is 19.6. The van der Waals surface area contributed by atoms with Gasteiger partial charge in [0, 0.05) is 24.9 Å². The van der Waals surface area contributed by atoms with E-state index >= 15 is 0 Å². The van der Waals surface area contributed by atoms with Crippen molar-refractivity contribution in [3.05, 3.63) is 88.3 Å². The number of carbonyl (C=O) groups is 1. The molecule has 3 aromatic rings. The Balaban J connectivity index is 1.35. The second kappa shape index (κ2) is 11.0. The molecule has 1 fully saturated rings. The lowest BCUT2D eigenvalue weighted by molar-refractivity contribution is -0.132. The van der Waals surface area contributed by atoms with Crippen molar-refractivity contribution in [2.24, 2.45) is 0 Å². The van der Waals surface area contributed by atoms with Gasteiger partial charge in [0.25, 0.3) is 0 Å². The molecule has 5 rings (SSSR count). The van der Waals surface area contributed by atoms with Gasteiger partial charge in [0.1, 0.15) is 23.7 Å². The maximum atomic E-state index is 11.4. The molecule has 0 unspecified atom stereocenters. The van der Waals surface area contributed by atoms with Gasteiger partial charge in [-0.1, -0.05) is 36.4 Å². The maximum absolute atomic E-state index is 11.4. The molecule has 1 aromatic heterocycles. The zero-order chi connectivity index (χ0) is 26.6. The summed E-state index contributed by atoms with van der Waals surface area (Å²) in [4.78, 5) is 18.6. The first-order valence-corrected chi connectivity index (χ1v) is 12.4. The minimum absolute atomic E-state index is 0.0714. The predicted octanol–water partition coefficient (Wildman–Crippen LogP) is 4.35. The lowest BCUT2D eigenvalue weighted by Gasteiger charge is -2.34. The number of ether oxygens (including phenoxy) is 3. The van der Waals surface area contributed by atoms with Gasteiger partial charge in [-0.3, -0.25) is 4.90 Å². The van der Waals surface area contributed by atoms with Crippen LogP contribution >= 0.6 is 0 Å². The van der Waals surface area contributed by atoms with Crippen LogP contribution in [0.3, 0.4) is 0 Å². The van der Waals surface area contributed by atoms with E-state index in [1.54, 1.807) is 6.07 Å². The number of anilines is 1. The number of aryl methyl sites for hydroxylation is 1. The lowest BCUT2D eigenvalue weighted by atomic mass is 10.1. The molecule has 9 heteroatoms. The molecule has 3 N–H and O–H groups in total. The number of hydrogen-bond donors (Lipinski definition) is 3. The van der Waals surface area contributed by atoms with E-state index in [1.165, 1.54) is 18.2 Å². The molecule has 0 amide bonds. The summed E-state index contributed by atoms with van der Waals surface area (Å²) in [7, 11) is 1.34. The first kappa shape index (κ1) is 25.4. The summed E-state index contributed by atoms with van der Waals surface area (Å²) >= 11 is 0. The molecule has 2 aliphatic rings. The van der Waals surface area contributed by atoms with E-state index in [2.05, 4.69) is 33.4 Å². The smallest absolute Gasteiger partial charge is 0.342 e. The van der Waals surface area contributed by atoms with E-state index in [9.17, 15) is 9.90 Å². The fraction of sp³-hybridized carbons (Fsp3) is 0.276. The molecule has 38 heavy (non-hydrogen) atoms. The van der Waals surface area contributed by atoms with Crippen LogP contribution in [0.25, 0.3) is 11.3 Å². The largest absolute Gasteiger partial charge is 0.488 e. The Morgan fingerprint density at radius 1 is 1.18 bits per heavy atom. The average molecular weight is 515 g/mol. The number of nitrogens with zero attached hydrogens (tertiary/aromatic N) is 2. The molecule has 2 aromatic carbocycles. The second-order valence-electron chi connectivity index (χ2n) is 9.37. The van der Waals surface area contributed by atoms with Gasteiger partial charge in [0.15, 0.2) is 0 Å². The molecule has 9 nitrogen and oxygen atoms in total. The van der Waals surface area contributed by atoms with Crippen molar-refractivity contribution in [1.82, 2.24) is 9.88 Å². The number of carboxylic acids is 1. The Bertz CT molecular complexity index is 1400. The Morgan fingerprint density at radius 2 is 1.97 bits per heavy atom. The fourth-order valence-corrected chi connectivity index (χ4v) is 4.68. The number of carboxylic acid groups (broad SMARTS) is 1. The van der Waals surface area contributed by atoms with E-state index in [0.717, 1.165) is 55.0 Å². The SMILES string of the molecule is CO/C(Nc1cccc(-c2cccc(C)c2OCc2ccc3c(c2)CN(C2COC2)C3)n1)=C(/C=N)C(=O)O. The molecule has 0 spiro atoms. The standard InChI is InChI=1S/C29H30N4O5/c1-18-5-3-6-23(25-7-4-8-26(31-25)32-28(36-2)24(12-30)29(34)35)27(18)38-15-19-9-10-20-13-33(14-21(20)11-19)22-16-37-17-22/h3-12,22,30H,13-17H2,1-2H3,(H,31,32)(H,34,35)/b28-24-,30-12?. The second-order valence-corrected chi connectivity index (χ2v) is 9.37. The number of nitrogens with one attached hydrogen (secondary N) is 2. The summed E-state index contributed by atoms with van der Waals surface area (Å²) in [5.74, 6) is -0.226. The first-order valence-electron chi connectivity index (χ1n) is 12.4. The molecule has 2 aliphatic heterocycles. The van der Waals surface area contributed by atoms with Crippen molar-refractivity contribution >= 4 is 18.0 Å². The molecular weight excluding hydrogens is 484 g/mol. The number of aromatic nitrogens is 1. The third kappa shape index (κ3) is 5.25. The number of fused-ring (bicyclic) bond motifs is 1. The minimum atomic E-state index is -1.27. The first-order chi connectivity index (χ1) is 18.5. The van der Waals surface area contributed by atoms with Crippen LogP contribution in [0.5, 0.6) is 5.75 Å². The molecular formula is C29H30N4O5. The van der Waals surface area contributed by atoms with Crippen LogP contribution in [-0.2, 0) is 34.0 Å². The van der Waals surface area contributed by atoms with Crippen molar-refractivity contribution in [3.8, 4) is 17.0 Å². The van der Waals surface area contributed by atoms with Crippen molar-refractivity contribution in [3.63, 3.8) is 0 Å². The van der Waals surface area contributed by atoms with E-state index in [-0.39, 0.29) is 11.5 Å². The van der Waals surface area contributed by atoms with Gasteiger partial charge in [0.05, 0.1) is 32.1 Å². The van der Waals surface area contributed by atoms with Crippen LogP contribution in [0.4, 0.5) is 5.82 Å². The van der Waals surface area contributed by atoms with Gasteiger partial charge in [-0.15, -0.1) is 0 Å². The number of para-hydroxylation sites is 1. The molecule has 1 saturated heterocycles. The maximum Gasteiger partial charge on any atom is 0.342 e. The van der Waals surface area contributed by atoms with Gasteiger partial charge in [-0.2, -0.15) is 0 Å². The molecule has 0 aliphatic carbocycles. The normalized spacial score (nSPS) is 15.7. The topological polar surface area (TPSA) is 117 Å². The van der Waals surface area contributed by atoms with E-state index in [1.807, 2.05) is 37.3 Å². The van der Waals surface area contributed by atoms with Crippen molar-refractivity contribution in [1.29, 1.82) is 5.41 Å². The predicted molar refractivity (Wildman–Crippen MR) is 143 cm³/mol. The van der Waals surface area contributed by atoms with Crippen LogP contribution in [0, 0.1) is 12.3 Å². The van der Waals surface area contributed by atoms with Gasteiger partial charge in [-0.25, -0.2) is 9.78 Å². The van der Waals surface area contributed by atoms with Gasteiger partial charge in [0.2, 0.25) is 5.88 Å².